The van der Waals surface area contributed by atoms with E-state index in [1.54, 1.807) is 30.1 Å². The lowest BCUT2D eigenvalue weighted by atomic mass is 10.1. The molecule has 0 bridgehead atoms. The first-order chi connectivity index (χ1) is 11.1. The molecule has 0 saturated carbocycles. The molecule has 0 fully saturated rings. The average Bonchev–Trinajstić information content (AvgIpc) is 3.09. The third-order valence-corrected chi connectivity index (χ3v) is 3.71. The summed E-state index contributed by atoms with van der Waals surface area (Å²) in [7, 11) is 1.71. The van der Waals surface area contributed by atoms with Crippen LogP contribution in [0, 0.1) is 0 Å². The standard InChI is InChI=1S/C16H14ClN5O/c1-22(15(23)9-11-5-3-2-4-6-11)14-10-12(17)7-8-13(14)16-18-20-21-19-16/h2-8,10H,9H2,1H3,(H,18,19,20,21). The molecule has 0 unspecified atom stereocenters. The summed E-state index contributed by atoms with van der Waals surface area (Å²) in [5.41, 5.74) is 2.28. The molecule has 3 rings (SSSR count). The normalized spacial score (nSPS) is 10.5. The van der Waals surface area contributed by atoms with Gasteiger partial charge in [0.05, 0.1) is 12.1 Å². The van der Waals surface area contributed by atoms with Crippen LogP contribution in [-0.4, -0.2) is 33.6 Å². The summed E-state index contributed by atoms with van der Waals surface area (Å²) in [4.78, 5) is 14.1. The second-order valence-corrected chi connectivity index (χ2v) is 5.45. The van der Waals surface area contributed by atoms with Crippen molar-refractivity contribution in [2.24, 2.45) is 0 Å². The van der Waals surface area contributed by atoms with Gasteiger partial charge in [-0.2, -0.15) is 5.21 Å². The first-order valence-corrected chi connectivity index (χ1v) is 7.37. The number of anilines is 1. The number of aromatic nitrogens is 4. The third kappa shape index (κ3) is 3.37. The molecule has 0 saturated heterocycles. The number of likely N-dealkylation sites (N-methyl/N-ethyl adjacent to an activating group) is 1. The molecule has 0 radical (unpaired) electrons. The summed E-state index contributed by atoms with van der Waals surface area (Å²) < 4.78 is 0. The molecule has 1 heterocycles. The Labute approximate surface area is 138 Å². The SMILES string of the molecule is CN(C(=O)Cc1ccccc1)c1cc(Cl)ccc1-c1nn[nH]n1. The van der Waals surface area contributed by atoms with Crippen LogP contribution >= 0.6 is 11.6 Å². The molecular weight excluding hydrogens is 314 g/mol. The molecule has 1 N–H and O–H groups in total. The third-order valence-electron chi connectivity index (χ3n) is 3.48. The Hall–Kier alpha value is -2.73. The number of tetrazole rings is 1. The summed E-state index contributed by atoms with van der Waals surface area (Å²) in [5, 5.41) is 14.5. The first-order valence-electron chi connectivity index (χ1n) is 6.99. The highest BCUT2D eigenvalue weighted by atomic mass is 35.5. The van der Waals surface area contributed by atoms with Gasteiger partial charge < -0.3 is 4.90 Å². The van der Waals surface area contributed by atoms with Gasteiger partial charge in [0.2, 0.25) is 11.7 Å². The monoisotopic (exact) mass is 327 g/mol. The minimum atomic E-state index is -0.0526. The number of carbonyl (C=O) groups excluding carboxylic acids is 1. The molecule has 2 aromatic carbocycles. The van der Waals surface area contributed by atoms with Crippen molar-refractivity contribution in [2.75, 3.05) is 11.9 Å². The first kappa shape index (κ1) is 15.2. The highest BCUT2D eigenvalue weighted by Gasteiger charge is 2.18. The van der Waals surface area contributed by atoms with E-state index < -0.39 is 0 Å². The number of aromatic amines is 1. The maximum Gasteiger partial charge on any atom is 0.231 e. The lowest BCUT2D eigenvalue weighted by Gasteiger charge is -2.20. The average molecular weight is 328 g/mol. The largest absolute Gasteiger partial charge is 0.314 e. The van der Waals surface area contributed by atoms with Gasteiger partial charge in [-0.3, -0.25) is 4.79 Å². The van der Waals surface area contributed by atoms with E-state index in [0.717, 1.165) is 5.56 Å². The molecule has 0 spiro atoms. The summed E-state index contributed by atoms with van der Waals surface area (Å²) in [6, 6.07) is 14.8. The fraction of sp³-hybridized carbons (Fsp3) is 0.125. The van der Waals surface area contributed by atoms with Gasteiger partial charge >= 0.3 is 0 Å². The second-order valence-electron chi connectivity index (χ2n) is 5.01. The Morgan fingerprint density at radius 2 is 2.00 bits per heavy atom. The summed E-state index contributed by atoms with van der Waals surface area (Å²) in [6.07, 6.45) is 0.301. The Bertz CT molecular complexity index is 805. The van der Waals surface area contributed by atoms with Crippen molar-refractivity contribution < 1.29 is 4.79 Å². The molecular formula is C16H14ClN5O. The fourth-order valence-corrected chi connectivity index (χ4v) is 2.44. The number of hydrogen-bond donors (Lipinski definition) is 1. The number of H-pyrrole nitrogens is 1. The lowest BCUT2D eigenvalue weighted by Crippen LogP contribution is -2.28. The molecule has 0 aliphatic rings. The van der Waals surface area contributed by atoms with Crippen molar-refractivity contribution in [1.82, 2.24) is 20.6 Å². The van der Waals surface area contributed by atoms with Crippen LogP contribution < -0.4 is 4.90 Å². The summed E-state index contributed by atoms with van der Waals surface area (Å²) >= 11 is 6.08. The van der Waals surface area contributed by atoms with Crippen LogP contribution in [0.15, 0.2) is 48.5 Å². The van der Waals surface area contributed by atoms with Crippen molar-refractivity contribution in [2.45, 2.75) is 6.42 Å². The van der Waals surface area contributed by atoms with Crippen molar-refractivity contribution in [3.8, 4) is 11.4 Å². The van der Waals surface area contributed by atoms with Gasteiger partial charge in [-0.05, 0) is 29.0 Å². The molecule has 0 aliphatic heterocycles. The summed E-state index contributed by atoms with van der Waals surface area (Å²) in [5.74, 6) is 0.360. The second kappa shape index (κ2) is 6.58. The maximum atomic E-state index is 12.6. The molecule has 1 aromatic heterocycles. The van der Waals surface area contributed by atoms with Gasteiger partial charge in [-0.1, -0.05) is 41.9 Å². The van der Waals surface area contributed by atoms with Crippen LogP contribution in [0.5, 0.6) is 0 Å². The molecule has 116 valence electrons. The smallest absolute Gasteiger partial charge is 0.231 e. The Morgan fingerprint density at radius 3 is 2.70 bits per heavy atom. The Kier molecular flexibility index (Phi) is 4.34. The number of halogens is 1. The van der Waals surface area contributed by atoms with Crippen molar-refractivity contribution in [3.63, 3.8) is 0 Å². The van der Waals surface area contributed by atoms with E-state index in [0.29, 0.717) is 28.5 Å². The van der Waals surface area contributed by atoms with Crippen molar-refractivity contribution >= 4 is 23.2 Å². The van der Waals surface area contributed by atoms with Gasteiger partial charge in [0.25, 0.3) is 0 Å². The van der Waals surface area contributed by atoms with Crippen LogP contribution in [0.2, 0.25) is 5.02 Å². The quantitative estimate of drug-likeness (QED) is 0.799. The number of carbonyl (C=O) groups is 1. The van der Waals surface area contributed by atoms with E-state index in [1.807, 2.05) is 30.3 Å². The zero-order valence-electron chi connectivity index (χ0n) is 12.4. The molecule has 23 heavy (non-hydrogen) atoms. The number of nitrogens with one attached hydrogen (secondary N) is 1. The molecule has 1 amide bonds. The Morgan fingerprint density at radius 1 is 1.22 bits per heavy atom. The predicted octanol–water partition coefficient (Wildman–Crippen LogP) is 2.73. The number of amides is 1. The highest BCUT2D eigenvalue weighted by Crippen LogP contribution is 2.30. The minimum Gasteiger partial charge on any atom is -0.314 e. The van der Waals surface area contributed by atoms with E-state index in [4.69, 9.17) is 11.6 Å². The van der Waals surface area contributed by atoms with E-state index in [-0.39, 0.29) is 5.91 Å². The minimum absolute atomic E-state index is 0.0526. The molecule has 0 atom stereocenters. The topological polar surface area (TPSA) is 74.8 Å². The maximum absolute atomic E-state index is 12.6. The van der Waals surface area contributed by atoms with Crippen LogP contribution in [0.4, 0.5) is 5.69 Å². The van der Waals surface area contributed by atoms with Gasteiger partial charge in [-0.25, -0.2) is 0 Å². The fourth-order valence-electron chi connectivity index (χ4n) is 2.27. The number of hydrogen-bond acceptors (Lipinski definition) is 4. The van der Waals surface area contributed by atoms with E-state index >= 15 is 0 Å². The number of benzene rings is 2. The van der Waals surface area contributed by atoms with Gasteiger partial charge in [-0.15, -0.1) is 10.2 Å². The van der Waals surface area contributed by atoms with Gasteiger partial charge in [0.1, 0.15) is 0 Å². The van der Waals surface area contributed by atoms with Crippen molar-refractivity contribution in [1.29, 1.82) is 0 Å². The molecule has 3 aromatic rings. The van der Waals surface area contributed by atoms with Crippen LogP contribution in [0.1, 0.15) is 5.56 Å². The molecule has 6 nitrogen and oxygen atoms in total. The van der Waals surface area contributed by atoms with E-state index in [2.05, 4.69) is 20.6 Å². The number of rotatable bonds is 4. The van der Waals surface area contributed by atoms with Gasteiger partial charge in [0, 0.05) is 17.6 Å². The predicted molar refractivity (Wildman–Crippen MR) is 88.2 cm³/mol. The van der Waals surface area contributed by atoms with Crippen LogP contribution in [-0.2, 0) is 11.2 Å². The lowest BCUT2D eigenvalue weighted by molar-refractivity contribution is -0.117. The molecule has 0 aliphatic carbocycles. The zero-order valence-corrected chi connectivity index (χ0v) is 13.2. The van der Waals surface area contributed by atoms with Crippen LogP contribution in [0.3, 0.4) is 0 Å². The van der Waals surface area contributed by atoms with Gasteiger partial charge in [0.15, 0.2) is 0 Å². The van der Waals surface area contributed by atoms with E-state index in [9.17, 15) is 4.79 Å². The number of nitrogens with zero attached hydrogens (tertiary/aromatic N) is 4. The van der Waals surface area contributed by atoms with Crippen molar-refractivity contribution in [3.05, 3.63) is 59.1 Å². The summed E-state index contributed by atoms with van der Waals surface area (Å²) in [6.45, 7) is 0. The molecule has 7 heteroatoms. The zero-order chi connectivity index (χ0) is 16.2. The van der Waals surface area contributed by atoms with Crippen LogP contribution in [0.25, 0.3) is 11.4 Å². The van der Waals surface area contributed by atoms with E-state index in [1.165, 1.54) is 0 Å². The Balaban J connectivity index is 1.91. The highest BCUT2D eigenvalue weighted by molar-refractivity contribution is 6.31.